The van der Waals surface area contributed by atoms with Gasteiger partial charge in [-0.25, -0.2) is 13.2 Å². The highest BCUT2D eigenvalue weighted by molar-refractivity contribution is 7.94. The van der Waals surface area contributed by atoms with Crippen molar-refractivity contribution in [1.82, 2.24) is 0 Å². The Kier molecular flexibility index (Phi) is 4.34. The average molecular weight is 325 g/mol. The summed E-state index contributed by atoms with van der Waals surface area (Å²) in [7, 11) is -2.45. The molecule has 21 heavy (non-hydrogen) atoms. The van der Waals surface area contributed by atoms with Gasteiger partial charge in [0.15, 0.2) is 0 Å². The molecule has 0 spiro atoms. The van der Waals surface area contributed by atoms with E-state index in [2.05, 4.69) is 4.72 Å². The predicted molar refractivity (Wildman–Crippen MR) is 82.4 cm³/mol. The van der Waals surface area contributed by atoms with Crippen LogP contribution >= 0.6 is 11.3 Å². The zero-order valence-corrected chi connectivity index (χ0v) is 13.5. The number of anilines is 1. The highest BCUT2D eigenvalue weighted by Gasteiger charge is 2.21. The van der Waals surface area contributed by atoms with Gasteiger partial charge in [-0.15, -0.1) is 11.3 Å². The van der Waals surface area contributed by atoms with Crippen molar-refractivity contribution in [3.63, 3.8) is 0 Å². The summed E-state index contributed by atoms with van der Waals surface area (Å²) in [6.45, 7) is 3.55. The molecule has 2 rings (SSSR count). The average Bonchev–Trinajstić information content (AvgIpc) is 2.85. The molecule has 2 aromatic rings. The van der Waals surface area contributed by atoms with Crippen LogP contribution in [-0.4, -0.2) is 21.5 Å². The third-order valence-electron chi connectivity index (χ3n) is 2.89. The van der Waals surface area contributed by atoms with Crippen molar-refractivity contribution in [2.45, 2.75) is 18.1 Å². The van der Waals surface area contributed by atoms with E-state index in [9.17, 15) is 13.2 Å². The Labute approximate surface area is 127 Å². The summed E-state index contributed by atoms with van der Waals surface area (Å²) in [6.07, 6.45) is 0. The molecule has 0 bridgehead atoms. The second-order valence-electron chi connectivity index (χ2n) is 4.46. The van der Waals surface area contributed by atoms with Gasteiger partial charge in [0.1, 0.15) is 4.21 Å². The van der Waals surface area contributed by atoms with Crippen LogP contribution in [0.1, 0.15) is 20.8 Å². The Morgan fingerprint density at radius 1 is 1.19 bits per heavy atom. The van der Waals surface area contributed by atoms with E-state index in [1.54, 1.807) is 25.1 Å². The van der Waals surface area contributed by atoms with E-state index in [4.69, 9.17) is 4.74 Å². The first kappa shape index (κ1) is 15.5. The van der Waals surface area contributed by atoms with Crippen LogP contribution in [-0.2, 0) is 14.8 Å². The van der Waals surface area contributed by atoms with Crippen LogP contribution in [0.4, 0.5) is 5.69 Å². The molecule has 1 heterocycles. The predicted octanol–water partition coefficient (Wildman–Crippen LogP) is 2.95. The number of hydrogen-bond acceptors (Lipinski definition) is 5. The first-order valence-electron chi connectivity index (χ1n) is 6.12. The van der Waals surface area contributed by atoms with Crippen molar-refractivity contribution in [2.75, 3.05) is 11.8 Å². The van der Waals surface area contributed by atoms with Crippen molar-refractivity contribution in [1.29, 1.82) is 0 Å². The lowest BCUT2D eigenvalue weighted by molar-refractivity contribution is 0.0601. The lowest BCUT2D eigenvalue weighted by Crippen LogP contribution is -2.16. The van der Waals surface area contributed by atoms with E-state index < -0.39 is 16.0 Å². The first-order valence-corrected chi connectivity index (χ1v) is 8.42. The number of hydrogen-bond donors (Lipinski definition) is 1. The number of aryl methyl sites for hydroxylation is 2. The maximum absolute atomic E-state index is 12.3. The molecule has 0 aliphatic rings. The molecule has 0 saturated heterocycles. The molecule has 1 aromatic heterocycles. The van der Waals surface area contributed by atoms with Crippen LogP contribution in [0.2, 0.25) is 0 Å². The SMILES string of the molecule is COC(=O)c1c(C)cccc1NS(=O)(=O)c1ccc(C)s1. The van der Waals surface area contributed by atoms with Gasteiger partial charge < -0.3 is 4.74 Å². The van der Waals surface area contributed by atoms with E-state index in [0.717, 1.165) is 4.88 Å². The van der Waals surface area contributed by atoms with E-state index in [-0.39, 0.29) is 15.5 Å². The maximum Gasteiger partial charge on any atom is 0.340 e. The van der Waals surface area contributed by atoms with Crippen molar-refractivity contribution in [3.8, 4) is 0 Å². The standard InChI is InChI=1S/C14H15NO4S2/c1-9-5-4-6-11(13(9)14(16)19-3)15-21(17,18)12-8-7-10(2)20-12/h4-8,15H,1-3H3. The van der Waals surface area contributed by atoms with Gasteiger partial charge in [0.05, 0.1) is 18.4 Å². The number of nitrogens with one attached hydrogen (secondary N) is 1. The fraction of sp³-hybridized carbons (Fsp3) is 0.214. The number of ether oxygens (including phenoxy) is 1. The van der Waals surface area contributed by atoms with Gasteiger partial charge in [-0.05, 0) is 37.6 Å². The van der Waals surface area contributed by atoms with Gasteiger partial charge in [0.2, 0.25) is 0 Å². The molecule has 1 aromatic carbocycles. The number of rotatable bonds is 4. The third-order valence-corrected chi connectivity index (χ3v) is 5.75. The Bertz CT molecular complexity index is 778. The lowest BCUT2D eigenvalue weighted by atomic mass is 10.1. The molecular weight excluding hydrogens is 310 g/mol. The lowest BCUT2D eigenvalue weighted by Gasteiger charge is -2.12. The molecule has 0 saturated carbocycles. The van der Waals surface area contributed by atoms with Crippen LogP contribution in [0.15, 0.2) is 34.5 Å². The minimum Gasteiger partial charge on any atom is -0.465 e. The molecule has 0 unspecified atom stereocenters. The number of methoxy groups -OCH3 is 1. The zero-order chi connectivity index (χ0) is 15.6. The van der Waals surface area contributed by atoms with Gasteiger partial charge in [0, 0.05) is 4.88 Å². The summed E-state index contributed by atoms with van der Waals surface area (Å²) in [6, 6.07) is 8.21. The van der Waals surface area contributed by atoms with Gasteiger partial charge >= 0.3 is 5.97 Å². The van der Waals surface area contributed by atoms with Gasteiger partial charge in [0.25, 0.3) is 10.0 Å². The number of carbonyl (C=O) groups is 1. The first-order chi connectivity index (χ1) is 9.85. The summed E-state index contributed by atoms with van der Waals surface area (Å²) < 4.78 is 32.0. The zero-order valence-electron chi connectivity index (χ0n) is 11.8. The van der Waals surface area contributed by atoms with E-state index >= 15 is 0 Å². The molecule has 0 amide bonds. The fourth-order valence-corrected chi connectivity index (χ4v) is 4.23. The number of carbonyl (C=O) groups excluding carboxylic acids is 1. The number of esters is 1. The summed E-state index contributed by atoms with van der Waals surface area (Å²) in [5.74, 6) is -0.576. The highest BCUT2D eigenvalue weighted by atomic mass is 32.2. The molecule has 1 N–H and O–H groups in total. The van der Waals surface area contributed by atoms with Crippen LogP contribution in [0.25, 0.3) is 0 Å². The fourth-order valence-electron chi connectivity index (χ4n) is 1.88. The van der Waals surface area contributed by atoms with Crippen LogP contribution < -0.4 is 4.72 Å². The van der Waals surface area contributed by atoms with Crippen molar-refractivity contribution in [3.05, 3.63) is 46.3 Å². The monoisotopic (exact) mass is 325 g/mol. The molecule has 0 fully saturated rings. The van der Waals surface area contributed by atoms with Gasteiger partial charge in [-0.3, -0.25) is 4.72 Å². The highest BCUT2D eigenvalue weighted by Crippen LogP contribution is 2.26. The number of thiophene rings is 1. The second-order valence-corrected chi connectivity index (χ2v) is 7.66. The molecule has 7 heteroatoms. The van der Waals surface area contributed by atoms with Gasteiger partial charge in [-0.1, -0.05) is 12.1 Å². The Balaban J connectivity index is 2.45. The minimum absolute atomic E-state index is 0.206. The summed E-state index contributed by atoms with van der Waals surface area (Å²) >= 11 is 1.17. The minimum atomic E-state index is -3.71. The number of benzene rings is 1. The van der Waals surface area contributed by atoms with Crippen LogP contribution in [0, 0.1) is 13.8 Å². The summed E-state index contributed by atoms with van der Waals surface area (Å²) in [5, 5.41) is 0. The largest absolute Gasteiger partial charge is 0.465 e. The van der Waals surface area contributed by atoms with Gasteiger partial charge in [-0.2, -0.15) is 0 Å². The summed E-state index contributed by atoms with van der Waals surface area (Å²) in [5.41, 5.74) is 1.08. The molecule has 0 aliphatic heterocycles. The molecule has 0 atom stereocenters. The maximum atomic E-state index is 12.3. The van der Waals surface area contributed by atoms with E-state index in [0.29, 0.717) is 5.56 Å². The van der Waals surface area contributed by atoms with Crippen LogP contribution in [0.5, 0.6) is 0 Å². The van der Waals surface area contributed by atoms with Crippen LogP contribution in [0.3, 0.4) is 0 Å². The molecule has 0 radical (unpaired) electrons. The normalized spacial score (nSPS) is 11.2. The molecular formula is C14H15NO4S2. The van der Waals surface area contributed by atoms with Crippen molar-refractivity contribution < 1.29 is 17.9 Å². The molecule has 5 nitrogen and oxygen atoms in total. The Morgan fingerprint density at radius 2 is 1.90 bits per heavy atom. The molecule has 112 valence electrons. The third kappa shape index (κ3) is 3.25. The van der Waals surface area contributed by atoms with Crippen molar-refractivity contribution >= 4 is 33.0 Å². The Morgan fingerprint density at radius 3 is 2.48 bits per heavy atom. The van der Waals surface area contributed by atoms with E-state index in [1.807, 2.05) is 6.92 Å². The summed E-state index contributed by atoms with van der Waals surface area (Å²) in [4.78, 5) is 12.7. The van der Waals surface area contributed by atoms with E-state index in [1.165, 1.54) is 30.6 Å². The second kappa shape index (κ2) is 5.87. The van der Waals surface area contributed by atoms with Crippen molar-refractivity contribution in [2.24, 2.45) is 0 Å². The Hall–Kier alpha value is -1.86. The molecule has 0 aliphatic carbocycles. The quantitative estimate of drug-likeness (QED) is 0.877. The number of sulfonamides is 1. The smallest absolute Gasteiger partial charge is 0.340 e. The topological polar surface area (TPSA) is 72.5 Å².